The Balaban J connectivity index is 2.47. The summed E-state index contributed by atoms with van der Waals surface area (Å²) in [6.45, 7) is 3.89. The predicted octanol–water partition coefficient (Wildman–Crippen LogP) is 2.17. The lowest BCUT2D eigenvalue weighted by Gasteiger charge is -2.12. The van der Waals surface area contributed by atoms with Crippen molar-refractivity contribution in [1.29, 1.82) is 0 Å². The molecule has 1 N–H and O–H groups in total. The molecule has 4 nitrogen and oxygen atoms in total. The maximum Gasteiger partial charge on any atom is 0.310 e. The van der Waals surface area contributed by atoms with E-state index >= 15 is 0 Å². The zero-order valence-electron chi connectivity index (χ0n) is 9.32. The summed E-state index contributed by atoms with van der Waals surface area (Å²) < 4.78 is 10.5. The number of rotatable bonds is 3. The third kappa shape index (κ3) is 1.71. The van der Waals surface area contributed by atoms with Crippen molar-refractivity contribution >= 4 is 5.97 Å². The second-order valence-electron chi connectivity index (χ2n) is 3.82. The number of hydrogen-bond donors (Lipinski definition) is 1. The van der Waals surface area contributed by atoms with Crippen LogP contribution >= 0.6 is 0 Å². The molecule has 1 aliphatic heterocycles. The van der Waals surface area contributed by atoms with Gasteiger partial charge in [0.1, 0.15) is 0 Å². The topological polar surface area (TPSA) is 55.8 Å². The molecular weight excluding hydrogens is 208 g/mol. The zero-order valence-corrected chi connectivity index (χ0v) is 9.32. The number of benzene rings is 1. The van der Waals surface area contributed by atoms with Crippen molar-refractivity contribution in [1.82, 2.24) is 0 Å². The molecule has 0 fully saturated rings. The van der Waals surface area contributed by atoms with Crippen LogP contribution in [-0.2, 0) is 11.2 Å². The highest BCUT2D eigenvalue weighted by atomic mass is 16.7. The Hall–Kier alpha value is -1.71. The third-order valence-electron chi connectivity index (χ3n) is 2.85. The van der Waals surface area contributed by atoms with Crippen molar-refractivity contribution in [3.63, 3.8) is 0 Å². The van der Waals surface area contributed by atoms with Gasteiger partial charge in [-0.15, -0.1) is 0 Å². The minimum absolute atomic E-state index is 0.212. The van der Waals surface area contributed by atoms with Crippen LogP contribution in [0, 0.1) is 0 Å². The summed E-state index contributed by atoms with van der Waals surface area (Å²) in [6, 6.07) is 3.65. The minimum atomic E-state index is -0.825. The van der Waals surface area contributed by atoms with Crippen LogP contribution in [0.2, 0.25) is 0 Å². The lowest BCUT2D eigenvalue weighted by atomic mass is 9.94. The summed E-state index contributed by atoms with van der Waals surface area (Å²) >= 11 is 0. The molecule has 0 amide bonds. The maximum absolute atomic E-state index is 11.0. The molecule has 1 unspecified atom stereocenters. The van der Waals surface area contributed by atoms with Gasteiger partial charge in [0.05, 0.1) is 5.92 Å². The van der Waals surface area contributed by atoms with Crippen LogP contribution in [-0.4, -0.2) is 17.9 Å². The molecule has 86 valence electrons. The monoisotopic (exact) mass is 222 g/mol. The fraction of sp³-hybridized carbons (Fsp3) is 0.417. The predicted molar refractivity (Wildman–Crippen MR) is 58.0 cm³/mol. The quantitative estimate of drug-likeness (QED) is 0.851. The van der Waals surface area contributed by atoms with Gasteiger partial charge in [-0.1, -0.05) is 6.92 Å². The number of ether oxygens (including phenoxy) is 2. The SMILES string of the molecule is CCc1cc2c(cc1C(C)C(=O)O)OCO2. The molecule has 0 saturated heterocycles. The molecule has 2 rings (SSSR count). The number of carboxylic acid groups (broad SMARTS) is 1. The number of carboxylic acids is 1. The maximum atomic E-state index is 11.0. The number of aryl methyl sites for hydroxylation is 1. The average molecular weight is 222 g/mol. The van der Waals surface area contributed by atoms with E-state index in [1.165, 1.54) is 0 Å². The van der Waals surface area contributed by atoms with Crippen LogP contribution in [0.1, 0.15) is 30.9 Å². The molecule has 1 aliphatic rings. The smallest absolute Gasteiger partial charge is 0.310 e. The standard InChI is InChI=1S/C12H14O4/c1-3-8-4-10-11(16-6-15-10)5-9(8)7(2)12(13)14/h4-5,7H,3,6H2,1-2H3,(H,13,14). The second kappa shape index (κ2) is 4.04. The largest absolute Gasteiger partial charge is 0.481 e. The molecule has 1 atom stereocenters. The highest BCUT2D eigenvalue weighted by molar-refractivity contribution is 5.76. The first-order chi connectivity index (χ1) is 7.63. The summed E-state index contributed by atoms with van der Waals surface area (Å²) in [7, 11) is 0. The summed E-state index contributed by atoms with van der Waals surface area (Å²) in [5, 5.41) is 9.03. The van der Waals surface area contributed by atoms with Crippen molar-refractivity contribution in [2.24, 2.45) is 0 Å². The van der Waals surface area contributed by atoms with E-state index in [1.54, 1.807) is 13.0 Å². The first kappa shape index (κ1) is 10.8. The van der Waals surface area contributed by atoms with Crippen LogP contribution < -0.4 is 9.47 Å². The molecule has 0 bridgehead atoms. The van der Waals surface area contributed by atoms with Gasteiger partial charge in [0.15, 0.2) is 11.5 Å². The van der Waals surface area contributed by atoms with E-state index < -0.39 is 11.9 Å². The fourth-order valence-electron chi connectivity index (χ4n) is 1.84. The Kier molecular flexibility index (Phi) is 2.73. The van der Waals surface area contributed by atoms with Crippen molar-refractivity contribution in [3.05, 3.63) is 23.3 Å². The molecule has 0 aromatic heterocycles. The van der Waals surface area contributed by atoms with Gasteiger partial charge in [-0.05, 0) is 36.6 Å². The molecule has 1 heterocycles. The molecular formula is C12H14O4. The fourth-order valence-corrected chi connectivity index (χ4v) is 1.84. The molecule has 16 heavy (non-hydrogen) atoms. The molecule has 0 saturated carbocycles. The van der Waals surface area contributed by atoms with E-state index in [2.05, 4.69) is 0 Å². The normalized spacial score (nSPS) is 14.9. The summed E-state index contributed by atoms with van der Waals surface area (Å²) in [5.41, 5.74) is 1.80. The molecule has 0 spiro atoms. The summed E-state index contributed by atoms with van der Waals surface area (Å²) in [5.74, 6) is -0.00324. The van der Waals surface area contributed by atoms with Crippen molar-refractivity contribution in [2.45, 2.75) is 26.2 Å². The highest BCUT2D eigenvalue weighted by Crippen LogP contribution is 2.37. The van der Waals surface area contributed by atoms with Gasteiger partial charge in [-0.2, -0.15) is 0 Å². The van der Waals surface area contributed by atoms with E-state index in [4.69, 9.17) is 14.6 Å². The Bertz CT molecular complexity index is 425. The van der Waals surface area contributed by atoms with E-state index in [9.17, 15) is 4.79 Å². The van der Waals surface area contributed by atoms with Gasteiger partial charge in [-0.3, -0.25) is 4.79 Å². The molecule has 0 aliphatic carbocycles. The molecule has 1 aromatic rings. The Morgan fingerprint density at radius 3 is 2.62 bits per heavy atom. The number of carbonyl (C=O) groups is 1. The van der Waals surface area contributed by atoms with Gasteiger partial charge in [0.25, 0.3) is 0 Å². The zero-order chi connectivity index (χ0) is 11.7. The third-order valence-corrected chi connectivity index (χ3v) is 2.85. The Morgan fingerprint density at radius 1 is 1.44 bits per heavy atom. The lowest BCUT2D eigenvalue weighted by Crippen LogP contribution is -2.09. The van der Waals surface area contributed by atoms with Gasteiger partial charge in [0, 0.05) is 0 Å². The van der Waals surface area contributed by atoms with Crippen molar-refractivity contribution in [3.8, 4) is 11.5 Å². The van der Waals surface area contributed by atoms with Crippen LogP contribution in [0.15, 0.2) is 12.1 Å². The first-order valence-corrected chi connectivity index (χ1v) is 5.28. The minimum Gasteiger partial charge on any atom is -0.481 e. The van der Waals surface area contributed by atoms with Gasteiger partial charge in [0.2, 0.25) is 6.79 Å². The van der Waals surface area contributed by atoms with Crippen LogP contribution in [0.3, 0.4) is 0 Å². The second-order valence-corrected chi connectivity index (χ2v) is 3.82. The van der Waals surface area contributed by atoms with Gasteiger partial charge < -0.3 is 14.6 Å². The molecule has 1 aromatic carbocycles. The Labute approximate surface area is 93.8 Å². The van der Waals surface area contributed by atoms with E-state index in [-0.39, 0.29) is 6.79 Å². The van der Waals surface area contributed by atoms with Crippen LogP contribution in [0.4, 0.5) is 0 Å². The Morgan fingerprint density at radius 2 is 2.06 bits per heavy atom. The van der Waals surface area contributed by atoms with E-state index in [0.717, 1.165) is 17.5 Å². The first-order valence-electron chi connectivity index (χ1n) is 5.28. The number of aliphatic carboxylic acids is 1. The summed E-state index contributed by atoms with van der Waals surface area (Å²) in [6.07, 6.45) is 0.781. The molecule has 0 radical (unpaired) electrons. The average Bonchev–Trinajstić information content (AvgIpc) is 2.72. The van der Waals surface area contributed by atoms with Crippen molar-refractivity contribution in [2.75, 3.05) is 6.79 Å². The lowest BCUT2D eigenvalue weighted by molar-refractivity contribution is -0.138. The van der Waals surface area contributed by atoms with E-state index in [1.807, 2.05) is 13.0 Å². The number of hydrogen-bond acceptors (Lipinski definition) is 3. The van der Waals surface area contributed by atoms with Crippen LogP contribution in [0.25, 0.3) is 0 Å². The summed E-state index contributed by atoms with van der Waals surface area (Å²) in [4.78, 5) is 11.0. The van der Waals surface area contributed by atoms with Crippen LogP contribution in [0.5, 0.6) is 11.5 Å². The highest BCUT2D eigenvalue weighted by Gasteiger charge is 2.22. The van der Waals surface area contributed by atoms with Gasteiger partial charge >= 0.3 is 5.97 Å². The number of fused-ring (bicyclic) bond motifs is 1. The van der Waals surface area contributed by atoms with Crippen molar-refractivity contribution < 1.29 is 19.4 Å². The van der Waals surface area contributed by atoms with Gasteiger partial charge in [-0.25, -0.2) is 0 Å². The van der Waals surface area contributed by atoms with E-state index in [0.29, 0.717) is 11.5 Å². The molecule has 4 heteroatoms.